The Balaban J connectivity index is 2.01. The lowest BCUT2D eigenvalue weighted by Crippen LogP contribution is -2.36. The number of carbonyl (C=O) groups is 5. The summed E-state index contributed by atoms with van der Waals surface area (Å²) in [5, 5.41) is 2.72. The Morgan fingerprint density at radius 3 is 2.12 bits per heavy atom. The van der Waals surface area contributed by atoms with Crippen LogP contribution >= 0.6 is 0 Å². The van der Waals surface area contributed by atoms with Crippen molar-refractivity contribution in [3.8, 4) is 0 Å². The number of urea groups is 1. The van der Waals surface area contributed by atoms with Crippen LogP contribution in [-0.2, 0) is 14.4 Å². The SMILES string of the molecule is CC(C)CC(=O)Nc1ccc(C(=O)CN2C(=O)C(=O)N(C)C2=O)cc1. The summed E-state index contributed by atoms with van der Waals surface area (Å²) in [7, 11) is 1.18. The number of ketones is 1. The van der Waals surface area contributed by atoms with Crippen LogP contribution in [0, 0.1) is 5.92 Å². The van der Waals surface area contributed by atoms with Crippen LogP contribution in [0.2, 0.25) is 0 Å². The molecule has 1 fully saturated rings. The second-order valence-electron chi connectivity index (χ2n) is 6.18. The molecule has 25 heavy (non-hydrogen) atoms. The number of nitrogens with one attached hydrogen (secondary N) is 1. The number of Topliss-reactive ketones (excluding diaryl/α,β-unsaturated/α-hetero) is 1. The molecule has 0 unspecified atom stereocenters. The molecule has 1 heterocycles. The molecule has 1 N–H and O–H groups in total. The van der Waals surface area contributed by atoms with Crippen LogP contribution in [0.3, 0.4) is 0 Å². The van der Waals surface area contributed by atoms with Gasteiger partial charge in [0.25, 0.3) is 0 Å². The van der Waals surface area contributed by atoms with Crippen molar-refractivity contribution in [3.05, 3.63) is 29.8 Å². The molecule has 0 bridgehead atoms. The van der Waals surface area contributed by atoms with Gasteiger partial charge in [0.15, 0.2) is 5.78 Å². The van der Waals surface area contributed by atoms with Crippen molar-refractivity contribution in [2.45, 2.75) is 20.3 Å². The van der Waals surface area contributed by atoms with Gasteiger partial charge < -0.3 is 5.32 Å². The predicted molar refractivity (Wildman–Crippen MR) is 88.7 cm³/mol. The van der Waals surface area contributed by atoms with Gasteiger partial charge in [-0.3, -0.25) is 24.1 Å². The monoisotopic (exact) mass is 345 g/mol. The third-order valence-corrected chi connectivity index (χ3v) is 3.64. The molecule has 2 rings (SSSR count). The van der Waals surface area contributed by atoms with Crippen LogP contribution in [-0.4, -0.2) is 52.9 Å². The van der Waals surface area contributed by atoms with Crippen molar-refractivity contribution in [1.29, 1.82) is 0 Å². The second-order valence-corrected chi connectivity index (χ2v) is 6.18. The Hall–Kier alpha value is -3.03. The number of anilines is 1. The molecule has 8 heteroatoms. The number of nitrogens with zero attached hydrogens (tertiary/aromatic N) is 2. The van der Waals surface area contributed by atoms with Gasteiger partial charge >= 0.3 is 17.8 Å². The number of hydrogen-bond acceptors (Lipinski definition) is 5. The van der Waals surface area contributed by atoms with E-state index in [1.165, 1.54) is 19.2 Å². The van der Waals surface area contributed by atoms with Gasteiger partial charge in [-0.1, -0.05) is 13.8 Å². The van der Waals surface area contributed by atoms with E-state index in [2.05, 4.69) is 5.32 Å². The third kappa shape index (κ3) is 4.09. The molecule has 1 aromatic carbocycles. The summed E-state index contributed by atoms with van der Waals surface area (Å²) in [5.41, 5.74) is 0.815. The van der Waals surface area contributed by atoms with E-state index in [0.717, 1.165) is 0 Å². The fraction of sp³-hybridized carbons (Fsp3) is 0.353. The van der Waals surface area contributed by atoms with E-state index in [-0.39, 0.29) is 17.4 Å². The molecule has 0 aromatic heterocycles. The van der Waals surface area contributed by atoms with E-state index in [0.29, 0.717) is 21.9 Å². The zero-order chi connectivity index (χ0) is 18.7. The molecule has 1 aromatic rings. The quantitative estimate of drug-likeness (QED) is 0.475. The number of hydrogen-bond donors (Lipinski definition) is 1. The Kier molecular flexibility index (Phi) is 5.31. The maximum absolute atomic E-state index is 12.2. The summed E-state index contributed by atoms with van der Waals surface area (Å²) in [4.78, 5) is 60.1. The topological polar surface area (TPSA) is 104 Å². The van der Waals surface area contributed by atoms with E-state index < -0.39 is 30.2 Å². The van der Waals surface area contributed by atoms with E-state index in [9.17, 15) is 24.0 Å². The molecule has 0 saturated carbocycles. The fourth-order valence-corrected chi connectivity index (χ4v) is 2.31. The molecular formula is C17H19N3O5. The van der Waals surface area contributed by atoms with E-state index in [4.69, 9.17) is 0 Å². The highest BCUT2D eigenvalue weighted by atomic mass is 16.2. The Morgan fingerprint density at radius 2 is 1.64 bits per heavy atom. The lowest BCUT2D eigenvalue weighted by molar-refractivity contribution is -0.142. The summed E-state index contributed by atoms with van der Waals surface area (Å²) >= 11 is 0. The minimum atomic E-state index is -1.02. The van der Waals surface area contributed by atoms with Gasteiger partial charge in [-0.25, -0.2) is 9.69 Å². The smallest absolute Gasteiger partial charge is 0.326 e. The zero-order valence-electron chi connectivity index (χ0n) is 14.2. The number of imide groups is 2. The van der Waals surface area contributed by atoms with Crippen LogP contribution in [0.25, 0.3) is 0 Å². The average molecular weight is 345 g/mol. The molecular weight excluding hydrogens is 326 g/mol. The number of amides is 5. The van der Waals surface area contributed by atoms with Crippen LogP contribution in [0.5, 0.6) is 0 Å². The number of rotatable bonds is 6. The molecule has 5 amide bonds. The number of benzene rings is 1. The lowest BCUT2D eigenvalue weighted by atomic mass is 10.1. The second kappa shape index (κ2) is 7.25. The van der Waals surface area contributed by atoms with E-state index in [1.54, 1.807) is 12.1 Å². The summed E-state index contributed by atoms with van der Waals surface area (Å²) < 4.78 is 0. The number of likely N-dealkylation sites (N-methyl/N-ethyl adjacent to an activating group) is 1. The van der Waals surface area contributed by atoms with Crippen LogP contribution < -0.4 is 5.32 Å². The third-order valence-electron chi connectivity index (χ3n) is 3.64. The van der Waals surface area contributed by atoms with Gasteiger partial charge in [-0.15, -0.1) is 0 Å². The zero-order valence-corrected chi connectivity index (χ0v) is 14.2. The Morgan fingerprint density at radius 1 is 1.04 bits per heavy atom. The fourth-order valence-electron chi connectivity index (χ4n) is 2.31. The standard InChI is InChI=1S/C17H19N3O5/c1-10(2)8-14(22)18-12-6-4-11(5-7-12)13(21)9-20-16(24)15(23)19(3)17(20)25/h4-7,10H,8-9H2,1-3H3,(H,18,22). The first kappa shape index (κ1) is 18.3. The molecule has 0 aliphatic carbocycles. The van der Waals surface area contributed by atoms with Crippen LogP contribution in [0.1, 0.15) is 30.6 Å². The average Bonchev–Trinajstić information content (AvgIpc) is 2.72. The van der Waals surface area contributed by atoms with Crippen molar-refractivity contribution in [2.75, 3.05) is 18.9 Å². The number of carbonyl (C=O) groups excluding carboxylic acids is 5. The summed E-state index contributed by atoms with van der Waals surface area (Å²) in [6.45, 7) is 3.36. The van der Waals surface area contributed by atoms with Gasteiger partial charge in [0, 0.05) is 24.7 Å². The molecule has 0 radical (unpaired) electrons. The van der Waals surface area contributed by atoms with Gasteiger partial charge in [0.2, 0.25) is 5.91 Å². The van der Waals surface area contributed by atoms with Crippen LogP contribution in [0.15, 0.2) is 24.3 Å². The van der Waals surface area contributed by atoms with Crippen molar-refractivity contribution < 1.29 is 24.0 Å². The Labute approximate surface area is 144 Å². The van der Waals surface area contributed by atoms with Gasteiger partial charge in [0.05, 0.1) is 6.54 Å². The van der Waals surface area contributed by atoms with Crippen molar-refractivity contribution >= 4 is 35.2 Å². The summed E-state index contributed by atoms with van der Waals surface area (Å²) in [6, 6.07) is 5.29. The molecule has 0 spiro atoms. The molecule has 1 saturated heterocycles. The predicted octanol–water partition coefficient (Wildman–Crippen LogP) is 1.27. The molecule has 1 aliphatic heterocycles. The lowest BCUT2D eigenvalue weighted by Gasteiger charge is -2.12. The molecule has 132 valence electrons. The summed E-state index contributed by atoms with van der Waals surface area (Å²) in [6.07, 6.45) is 0.390. The highest BCUT2D eigenvalue weighted by Crippen LogP contribution is 2.14. The van der Waals surface area contributed by atoms with Crippen LogP contribution in [0.4, 0.5) is 10.5 Å². The normalized spacial score (nSPS) is 14.5. The maximum atomic E-state index is 12.2. The first-order chi connectivity index (χ1) is 11.7. The van der Waals surface area contributed by atoms with Gasteiger partial charge in [-0.2, -0.15) is 0 Å². The summed E-state index contributed by atoms with van der Waals surface area (Å²) in [5.74, 6) is -2.34. The highest BCUT2D eigenvalue weighted by Gasteiger charge is 2.42. The maximum Gasteiger partial charge on any atom is 0.334 e. The first-order valence-electron chi connectivity index (χ1n) is 7.77. The minimum Gasteiger partial charge on any atom is -0.326 e. The molecule has 8 nitrogen and oxygen atoms in total. The van der Waals surface area contributed by atoms with Gasteiger partial charge in [-0.05, 0) is 30.2 Å². The molecule has 0 atom stereocenters. The largest absolute Gasteiger partial charge is 0.334 e. The van der Waals surface area contributed by atoms with Crippen molar-refractivity contribution in [3.63, 3.8) is 0 Å². The van der Waals surface area contributed by atoms with E-state index in [1.807, 2.05) is 13.8 Å². The highest BCUT2D eigenvalue weighted by molar-refractivity contribution is 6.45. The van der Waals surface area contributed by atoms with E-state index >= 15 is 0 Å². The minimum absolute atomic E-state index is 0.121. The Bertz CT molecular complexity index is 739. The van der Waals surface area contributed by atoms with Gasteiger partial charge in [0.1, 0.15) is 0 Å². The van der Waals surface area contributed by atoms with Crippen molar-refractivity contribution in [2.24, 2.45) is 5.92 Å². The first-order valence-corrected chi connectivity index (χ1v) is 7.77. The molecule has 1 aliphatic rings. The van der Waals surface area contributed by atoms with Crippen molar-refractivity contribution in [1.82, 2.24) is 9.80 Å².